The van der Waals surface area contributed by atoms with Crippen LogP contribution in [0.5, 0.6) is 0 Å². The van der Waals surface area contributed by atoms with E-state index in [1.807, 2.05) is 72.8 Å². The van der Waals surface area contributed by atoms with E-state index < -0.39 is 0 Å². The van der Waals surface area contributed by atoms with Crippen LogP contribution in [-0.4, -0.2) is 19.5 Å². The Labute approximate surface area is 325 Å². The zero-order chi connectivity index (χ0) is 37.5. The van der Waals surface area contributed by atoms with Crippen molar-refractivity contribution >= 4 is 65.7 Å². The number of hydrogen-bond donors (Lipinski definition) is 0. The molecule has 0 bridgehead atoms. The van der Waals surface area contributed by atoms with Crippen LogP contribution in [0.3, 0.4) is 0 Å². The van der Waals surface area contributed by atoms with E-state index in [4.69, 9.17) is 23.8 Å². The number of hydrogen-bond acceptors (Lipinski definition) is 5. The largest absolute Gasteiger partial charge is 0.456 e. The van der Waals surface area contributed by atoms with E-state index in [1.54, 1.807) is 0 Å². The highest BCUT2D eigenvalue weighted by molar-refractivity contribution is 6.16. The third kappa shape index (κ3) is 4.94. The maximum absolute atomic E-state index is 6.52. The molecule has 0 amide bonds. The summed E-state index contributed by atoms with van der Waals surface area (Å²) in [7, 11) is 0. The van der Waals surface area contributed by atoms with E-state index in [2.05, 4.69) is 114 Å². The molecule has 4 aromatic heterocycles. The first-order valence-corrected chi connectivity index (χ1v) is 19.0. The highest BCUT2D eigenvalue weighted by atomic mass is 16.3. The molecule has 0 spiro atoms. The van der Waals surface area contributed by atoms with Crippen molar-refractivity contribution in [3.05, 3.63) is 182 Å². The van der Waals surface area contributed by atoms with Gasteiger partial charge in [0.2, 0.25) is 0 Å². The number of nitrogens with zero attached hydrogens (tertiary/aromatic N) is 4. The lowest BCUT2D eigenvalue weighted by Gasteiger charge is -2.10. The molecule has 0 unspecified atom stereocenters. The smallest absolute Gasteiger partial charge is 0.164 e. The molecular formula is C51H30N4O2. The summed E-state index contributed by atoms with van der Waals surface area (Å²) >= 11 is 0. The predicted molar refractivity (Wildman–Crippen MR) is 230 cm³/mol. The van der Waals surface area contributed by atoms with Gasteiger partial charge < -0.3 is 13.4 Å². The van der Waals surface area contributed by atoms with Gasteiger partial charge in [-0.25, -0.2) is 15.0 Å². The standard InChI is InChI=1S/C51H30N4O2/c1-3-13-31(14-4-1)49-52-50(32-15-5-2-6-16-32)54-51(53-49)37-19-11-23-45-47(37)38-29-33(25-27-43(38)56-45)34-26-28-44-39(30-34)48-42(22-12-24-46(48)57-44)55-40-20-9-7-17-35(40)36-18-8-10-21-41(36)55/h1-30H. The topological polar surface area (TPSA) is 69.9 Å². The Bertz CT molecular complexity index is 3410. The SMILES string of the molecule is c1ccc(-c2nc(-c3ccccc3)nc(-c3cccc4oc5ccc(-c6ccc7oc8cccc(-n9c%10ccccc%10c%10ccccc%109)c8c7c6)cc5c34)n2)cc1. The maximum Gasteiger partial charge on any atom is 0.164 e. The van der Waals surface area contributed by atoms with Crippen LogP contribution in [0, 0.1) is 0 Å². The first-order valence-electron chi connectivity index (χ1n) is 19.0. The quantitative estimate of drug-likeness (QED) is 0.176. The van der Waals surface area contributed by atoms with Gasteiger partial charge in [-0.3, -0.25) is 0 Å². The van der Waals surface area contributed by atoms with Crippen LogP contribution >= 0.6 is 0 Å². The van der Waals surface area contributed by atoms with E-state index in [0.717, 1.165) is 88.4 Å². The molecule has 0 aliphatic carbocycles. The molecule has 0 fully saturated rings. The van der Waals surface area contributed by atoms with Gasteiger partial charge in [-0.15, -0.1) is 0 Å². The van der Waals surface area contributed by atoms with E-state index in [1.165, 1.54) is 10.8 Å². The molecule has 8 aromatic carbocycles. The normalized spacial score (nSPS) is 11.9. The van der Waals surface area contributed by atoms with Crippen LogP contribution in [0.25, 0.3) is 117 Å². The van der Waals surface area contributed by atoms with Crippen molar-refractivity contribution in [2.24, 2.45) is 0 Å². The second kappa shape index (κ2) is 12.3. The number of para-hydroxylation sites is 2. The molecule has 6 nitrogen and oxygen atoms in total. The van der Waals surface area contributed by atoms with Crippen LogP contribution in [-0.2, 0) is 0 Å². The highest BCUT2D eigenvalue weighted by Crippen LogP contribution is 2.42. The lowest BCUT2D eigenvalue weighted by Crippen LogP contribution is -2.00. The number of fused-ring (bicyclic) bond motifs is 9. The minimum Gasteiger partial charge on any atom is -0.456 e. The van der Waals surface area contributed by atoms with Crippen molar-refractivity contribution in [3.63, 3.8) is 0 Å². The van der Waals surface area contributed by atoms with E-state index in [-0.39, 0.29) is 0 Å². The fourth-order valence-corrected chi connectivity index (χ4v) is 8.48. The average Bonchev–Trinajstić information content (AvgIpc) is 3.96. The molecule has 0 aliphatic heterocycles. The van der Waals surface area contributed by atoms with Gasteiger partial charge in [-0.05, 0) is 65.7 Å². The molecule has 0 saturated carbocycles. The van der Waals surface area contributed by atoms with Crippen molar-refractivity contribution in [1.29, 1.82) is 0 Å². The van der Waals surface area contributed by atoms with Gasteiger partial charge in [-0.2, -0.15) is 0 Å². The van der Waals surface area contributed by atoms with Crippen LogP contribution in [0.2, 0.25) is 0 Å². The number of benzene rings is 8. The summed E-state index contributed by atoms with van der Waals surface area (Å²) < 4.78 is 15.4. The van der Waals surface area contributed by atoms with Gasteiger partial charge in [0.25, 0.3) is 0 Å². The maximum atomic E-state index is 6.52. The number of aromatic nitrogens is 4. The minimum absolute atomic E-state index is 0.588. The molecule has 12 aromatic rings. The third-order valence-corrected chi connectivity index (χ3v) is 11.1. The highest BCUT2D eigenvalue weighted by Gasteiger charge is 2.20. The Morgan fingerprint density at radius 1 is 0.333 bits per heavy atom. The van der Waals surface area contributed by atoms with Crippen LogP contribution in [0.15, 0.2) is 191 Å². The second-order valence-electron chi connectivity index (χ2n) is 14.4. The Balaban J connectivity index is 1.05. The van der Waals surface area contributed by atoms with Gasteiger partial charge in [-0.1, -0.05) is 127 Å². The molecule has 0 radical (unpaired) electrons. The van der Waals surface area contributed by atoms with E-state index >= 15 is 0 Å². The number of rotatable bonds is 5. The molecule has 4 heterocycles. The van der Waals surface area contributed by atoms with Crippen molar-refractivity contribution < 1.29 is 8.83 Å². The lowest BCUT2D eigenvalue weighted by atomic mass is 9.99. The average molecular weight is 731 g/mol. The van der Waals surface area contributed by atoms with Gasteiger partial charge in [0.1, 0.15) is 22.3 Å². The molecule has 12 rings (SSSR count). The predicted octanol–water partition coefficient (Wildman–Crippen LogP) is 13.4. The summed E-state index contributed by atoms with van der Waals surface area (Å²) in [6.07, 6.45) is 0. The summed E-state index contributed by atoms with van der Waals surface area (Å²) in [6.45, 7) is 0. The summed E-state index contributed by atoms with van der Waals surface area (Å²) in [6, 6.07) is 62.7. The van der Waals surface area contributed by atoms with Crippen molar-refractivity contribution in [3.8, 4) is 51.0 Å². The second-order valence-corrected chi connectivity index (χ2v) is 14.4. The molecule has 266 valence electrons. The monoisotopic (exact) mass is 730 g/mol. The summed E-state index contributed by atoms with van der Waals surface area (Å²) in [5.74, 6) is 1.82. The van der Waals surface area contributed by atoms with Crippen LogP contribution < -0.4 is 0 Å². The van der Waals surface area contributed by atoms with Gasteiger partial charge >= 0.3 is 0 Å². The zero-order valence-corrected chi connectivity index (χ0v) is 30.4. The summed E-state index contributed by atoms with van der Waals surface area (Å²) in [4.78, 5) is 15.1. The molecule has 0 saturated heterocycles. The molecule has 0 atom stereocenters. The summed E-state index contributed by atoms with van der Waals surface area (Å²) in [5, 5.41) is 6.54. The Hall–Kier alpha value is -7.83. The Kier molecular flexibility index (Phi) is 6.83. The Morgan fingerprint density at radius 2 is 0.825 bits per heavy atom. The van der Waals surface area contributed by atoms with Crippen LogP contribution in [0.4, 0.5) is 0 Å². The van der Waals surface area contributed by atoms with Crippen molar-refractivity contribution in [2.45, 2.75) is 0 Å². The van der Waals surface area contributed by atoms with Gasteiger partial charge in [0.05, 0.1) is 22.1 Å². The summed E-state index contributed by atoms with van der Waals surface area (Å²) in [5.41, 5.74) is 11.6. The Morgan fingerprint density at radius 3 is 1.42 bits per heavy atom. The molecule has 0 aliphatic rings. The lowest BCUT2D eigenvalue weighted by molar-refractivity contribution is 0.668. The van der Waals surface area contributed by atoms with Gasteiger partial charge in [0, 0.05) is 43.6 Å². The molecule has 0 N–H and O–H groups in total. The molecule has 6 heteroatoms. The first-order chi connectivity index (χ1) is 28.2. The van der Waals surface area contributed by atoms with Crippen LogP contribution in [0.1, 0.15) is 0 Å². The fourth-order valence-electron chi connectivity index (χ4n) is 8.48. The first kappa shape index (κ1) is 31.5. The molecular weight excluding hydrogens is 701 g/mol. The van der Waals surface area contributed by atoms with E-state index in [0.29, 0.717) is 17.5 Å². The van der Waals surface area contributed by atoms with Gasteiger partial charge in [0.15, 0.2) is 17.5 Å². The third-order valence-electron chi connectivity index (χ3n) is 11.1. The number of furan rings is 2. The zero-order valence-electron chi connectivity index (χ0n) is 30.4. The minimum atomic E-state index is 0.588. The van der Waals surface area contributed by atoms with Crippen molar-refractivity contribution in [2.75, 3.05) is 0 Å². The van der Waals surface area contributed by atoms with Crippen molar-refractivity contribution in [1.82, 2.24) is 19.5 Å². The van der Waals surface area contributed by atoms with E-state index in [9.17, 15) is 0 Å². The molecule has 57 heavy (non-hydrogen) atoms. The fraction of sp³-hybridized carbons (Fsp3) is 0.